The van der Waals surface area contributed by atoms with Crippen molar-refractivity contribution in [3.8, 4) is 0 Å². The fraction of sp³-hybridized carbons (Fsp3) is 0.750. The van der Waals surface area contributed by atoms with Gasteiger partial charge in [0.25, 0.3) is 0 Å². The molecule has 3 aliphatic carbocycles. The minimum atomic E-state index is -0.610. The Balaban J connectivity index is 1.76. The van der Waals surface area contributed by atoms with Crippen LogP contribution in [0.3, 0.4) is 0 Å². The largest absolute Gasteiger partial charge is 0.481 e. The molecule has 2 heteroatoms. The Hall–Kier alpha value is -0.790. The van der Waals surface area contributed by atoms with Crippen LogP contribution in [0.5, 0.6) is 0 Å². The van der Waals surface area contributed by atoms with E-state index in [0.717, 1.165) is 17.8 Å². The van der Waals surface area contributed by atoms with Gasteiger partial charge in [0.15, 0.2) is 0 Å². The summed E-state index contributed by atoms with van der Waals surface area (Å²) in [6.07, 6.45) is 8.79. The average Bonchev–Trinajstić information content (AvgIpc) is 2.68. The number of carboxylic acid groups (broad SMARTS) is 1. The zero-order valence-corrected chi connectivity index (χ0v) is 8.23. The third-order valence-corrected chi connectivity index (χ3v) is 4.58. The van der Waals surface area contributed by atoms with Gasteiger partial charge in [-0.05, 0) is 48.9 Å². The van der Waals surface area contributed by atoms with Crippen LogP contribution in [0.4, 0.5) is 0 Å². The summed E-state index contributed by atoms with van der Waals surface area (Å²) < 4.78 is 0. The maximum Gasteiger partial charge on any atom is 0.303 e. The highest BCUT2D eigenvalue weighted by molar-refractivity contribution is 5.67. The van der Waals surface area contributed by atoms with Crippen molar-refractivity contribution in [2.75, 3.05) is 0 Å². The molecule has 3 rings (SSSR count). The highest BCUT2D eigenvalue weighted by Gasteiger charge is 2.52. The molecule has 2 nitrogen and oxygen atoms in total. The molecule has 14 heavy (non-hydrogen) atoms. The number of allylic oxidation sites excluding steroid dienone is 2. The standard InChI is InChI=1S/C12H16O2/c13-12(14)6-8-4-7-5-11(8)10-3-1-2-9(7)10/h1,3,7-11H,2,4-6H2,(H,13,14)/t7-,8-,9+,10-,11+/m1/s1. The van der Waals surface area contributed by atoms with Gasteiger partial charge in [-0.2, -0.15) is 0 Å². The predicted molar refractivity (Wildman–Crippen MR) is 52.7 cm³/mol. The number of aliphatic carboxylic acids is 1. The first-order valence-corrected chi connectivity index (χ1v) is 5.64. The first kappa shape index (κ1) is 8.51. The molecule has 2 bridgehead atoms. The molecule has 1 N–H and O–H groups in total. The highest BCUT2D eigenvalue weighted by atomic mass is 16.4. The number of fused-ring (bicyclic) bond motifs is 5. The molecule has 3 aliphatic rings. The van der Waals surface area contributed by atoms with Crippen LogP contribution < -0.4 is 0 Å². The Kier molecular flexibility index (Phi) is 1.73. The van der Waals surface area contributed by atoms with Gasteiger partial charge in [-0.1, -0.05) is 12.2 Å². The summed E-state index contributed by atoms with van der Waals surface area (Å²) in [5.41, 5.74) is 0. The second kappa shape index (κ2) is 2.85. The minimum Gasteiger partial charge on any atom is -0.481 e. The van der Waals surface area contributed by atoms with E-state index in [1.165, 1.54) is 19.3 Å². The lowest BCUT2D eigenvalue weighted by Crippen LogP contribution is -2.25. The molecule has 2 fully saturated rings. The summed E-state index contributed by atoms with van der Waals surface area (Å²) in [5.74, 6) is 3.01. The molecular weight excluding hydrogens is 176 g/mol. The van der Waals surface area contributed by atoms with Crippen LogP contribution in [0.2, 0.25) is 0 Å². The van der Waals surface area contributed by atoms with E-state index in [2.05, 4.69) is 12.2 Å². The lowest BCUT2D eigenvalue weighted by molar-refractivity contribution is -0.138. The summed E-state index contributed by atoms with van der Waals surface area (Å²) >= 11 is 0. The van der Waals surface area contributed by atoms with Crippen molar-refractivity contribution in [3.63, 3.8) is 0 Å². The number of hydrogen-bond donors (Lipinski definition) is 1. The Morgan fingerprint density at radius 2 is 2.21 bits per heavy atom. The fourth-order valence-electron chi connectivity index (χ4n) is 4.14. The van der Waals surface area contributed by atoms with E-state index < -0.39 is 5.97 Å². The molecular formula is C12H16O2. The number of carboxylic acids is 1. The monoisotopic (exact) mass is 192 g/mol. The molecule has 0 aliphatic heterocycles. The van der Waals surface area contributed by atoms with Gasteiger partial charge in [-0.3, -0.25) is 4.79 Å². The SMILES string of the molecule is O=C(O)C[C@H]1C[C@@H]2C[C@@H]1[C@@H]1C=CC[C@@H]21. The lowest BCUT2D eigenvalue weighted by atomic mass is 9.74. The molecule has 5 atom stereocenters. The Bertz CT molecular complexity index is 295. The fourth-order valence-corrected chi connectivity index (χ4v) is 4.14. The van der Waals surface area contributed by atoms with E-state index in [1.54, 1.807) is 0 Å². The third-order valence-electron chi connectivity index (χ3n) is 4.58. The summed E-state index contributed by atoms with van der Waals surface area (Å²) in [5, 5.41) is 8.82. The zero-order chi connectivity index (χ0) is 9.71. The van der Waals surface area contributed by atoms with Crippen molar-refractivity contribution in [3.05, 3.63) is 12.2 Å². The summed E-state index contributed by atoms with van der Waals surface area (Å²) in [6, 6.07) is 0. The number of carbonyl (C=O) groups is 1. The van der Waals surface area contributed by atoms with Crippen LogP contribution in [0, 0.1) is 29.6 Å². The average molecular weight is 192 g/mol. The van der Waals surface area contributed by atoms with Crippen LogP contribution in [-0.2, 0) is 4.79 Å². The van der Waals surface area contributed by atoms with Gasteiger partial charge < -0.3 is 5.11 Å². The number of hydrogen-bond acceptors (Lipinski definition) is 1. The second-order valence-electron chi connectivity index (χ2n) is 5.16. The summed E-state index contributed by atoms with van der Waals surface area (Å²) in [6.45, 7) is 0. The quantitative estimate of drug-likeness (QED) is 0.682. The minimum absolute atomic E-state index is 0.401. The van der Waals surface area contributed by atoms with Gasteiger partial charge in [0.1, 0.15) is 0 Å². The highest BCUT2D eigenvalue weighted by Crippen LogP contribution is 2.59. The van der Waals surface area contributed by atoms with Gasteiger partial charge in [-0.25, -0.2) is 0 Å². The summed E-state index contributed by atoms with van der Waals surface area (Å²) in [7, 11) is 0. The maximum atomic E-state index is 10.7. The molecule has 0 saturated heterocycles. The molecule has 0 aromatic rings. The molecule has 0 unspecified atom stereocenters. The van der Waals surface area contributed by atoms with Crippen LogP contribution in [0.25, 0.3) is 0 Å². The van der Waals surface area contributed by atoms with Crippen molar-refractivity contribution >= 4 is 5.97 Å². The van der Waals surface area contributed by atoms with Crippen molar-refractivity contribution in [1.82, 2.24) is 0 Å². The zero-order valence-electron chi connectivity index (χ0n) is 8.23. The summed E-state index contributed by atoms with van der Waals surface area (Å²) in [4.78, 5) is 10.7. The van der Waals surface area contributed by atoms with Crippen LogP contribution >= 0.6 is 0 Å². The van der Waals surface area contributed by atoms with Crippen LogP contribution in [0.15, 0.2) is 12.2 Å². The third kappa shape index (κ3) is 1.06. The smallest absolute Gasteiger partial charge is 0.303 e. The first-order valence-electron chi connectivity index (χ1n) is 5.64. The Labute approximate surface area is 84.0 Å². The molecule has 0 spiro atoms. The van der Waals surface area contributed by atoms with E-state index in [1.807, 2.05) is 0 Å². The van der Waals surface area contributed by atoms with Crippen LogP contribution in [-0.4, -0.2) is 11.1 Å². The molecule has 0 heterocycles. The van der Waals surface area contributed by atoms with E-state index in [0.29, 0.717) is 18.3 Å². The van der Waals surface area contributed by atoms with E-state index in [9.17, 15) is 4.79 Å². The molecule has 0 amide bonds. The second-order valence-corrected chi connectivity index (χ2v) is 5.16. The van der Waals surface area contributed by atoms with E-state index >= 15 is 0 Å². The topological polar surface area (TPSA) is 37.3 Å². The number of rotatable bonds is 2. The lowest BCUT2D eigenvalue weighted by Gasteiger charge is -2.30. The van der Waals surface area contributed by atoms with Gasteiger partial charge in [0, 0.05) is 6.42 Å². The Morgan fingerprint density at radius 3 is 3.00 bits per heavy atom. The molecule has 0 aromatic carbocycles. The van der Waals surface area contributed by atoms with Gasteiger partial charge in [0.05, 0.1) is 0 Å². The predicted octanol–water partition coefficient (Wildman–Crippen LogP) is 2.31. The molecule has 2 saturated carbocycles. The first-order chi connectivity index (χ1) is 6.75. The van der Waals surface area contributed by atoms with Gasteiger partial charge in [0.2, 0.25) is 0 Å². The van der Waals surface area contributed by atoms with E-state index in [4.69, 9.17) is 5.11 Å². The van der Waals surface area contributed by atoms with Gasteiger partial charge in [-0.15, -0.1) is 0 Å². The Morgan fingerprint density at radius 1 is 1.36 bits per heavy atom. The van der Waals surface area contributed by atoms with Crippen molar-refractivity contribution in [2.24, 2.45) is 29.6 Å². The maximum absolute atomic E-state index is 10.7. The van der Waals surface area contributed by atoms with E-state index in [-0.39, 0.29) is 0 Å². The molecule has 0 aromatic heterocycles. The van der Waals surface area contributed by atoms with Gasteiger partial charge >= 0.3 is 5.97 Å². The molecule has 0 radical (unpaired) electrons. The van der Waals surface area contributed by atoms with Crippen molar-refractivity contribution < 1.29 is 9.90 Å². The van der Waals surface area contributed by atoms with Crippen molar-refractivity contribution in [1.29, 1.82) is 0 Å². The molecule has 76 valence electrons. The van der Waals surface area contributed by atoms with Crippen molar-refractivity contribution in [2.45, 2.75) is 25.7 Å². The van der Waals surface area contributed by atoms with Crippen LogP contribution in [0.1, 0.15) is 25.7 Å². The normalized spacial score (nSPS) is 48.4.